The van der Waals surface area contributed by atoms with Crippen LogP contribution in [0.4, 0.5) is 13.2 Å². The molecule has 3 nitrogen and oxygen atoms in total. The highest BCUT2D eigenvalue weighted by atomic mass is 19.3. The third-order valence-electron chi connectivity index (χ3n) is 1.46. The van der Waals surface area contributed by atoms with Crippen LogP contribution >= 0.6 is 0 Å². The van der Waals surface area contributed by atoms with Gasteiger partial charge in [0, 0.05) is 6.20 Å². The molecule has 0 amide bonds. The minimum atomic E-state index is -3.17. The van der Waals surface area contributed by atoms with Crippen molar-refractivity contribution in [2.24, 2.45) is 0 Å². The van der Waals surface area contributed by atoms with Gasteiger partial charge in [0.15, 0.2) is 6.29 Å². The molecule has 0 fully saturated rings. The van der Waals surface area contributed by atoms with E-state index in [2.05, 4.69) is 0 Å². The maximum Gasteiger partial charge on any atom is 0.269 e. The molecule has 0 aliphatic heterocycles. The Balaban J connectivity index is 3.53. The van der Waals surface area contributed by atoms with Crippen molar-refractivity contribution in [2.75, 3.05) is 0 Å². The zero-order chi connectivity index (χ0) is 10.0. The van der Waals surface area contributed by atoms with Gasteiger partial charge in [0.05, 0.1) is 11.1 Å². The lowest BCUT2D eigenvalue weighted by Gasteiger charge is -2.01. The van der Waals surface area contributed by atoms with Crippen molar-refractivity contribution in [3.05, 3.63) is 33.5 Å². The SMILES string of the molecule is O=Cc1c(F)c[nH]c(=O)c1C(F)F. The molecule has 70 valence electrons. The molecule has 1 heterocycles. The van der Waals surface area contributed by atoms with Crippen molar-refractivity contribution in [1.29, 1.82) is 0 Å². The number of alkyl halides is 2. The molecule has 0 unspecified atom stereocenters. The summed E-state index contributed by atoms with van der Waals surface area (Å²) in [5, 5.41) is 0. The number of pyridine rings is 1. The molecule has 1 aromatic rings. The number of nitrogens with one attached hydrogen (secondary N) is 1. The molecule has 13 heavy (non-hydrogen) atoms. The van der Waals surface area contributed by atoms with Gasteiger partial charge in [0.25, 0.3) is 12.0 Å². The van der Waals surface area contributed by atoms with E-state index in [0.29, 0.717) is 6.20 Å². The van der Waals surface area contributed by atoms with Gasteiger partial charge in [0.2, 0.25) is 0 Å². The Morgan fingerprint density at radius 3 is 2.46 bits per heavy atom. The largest absolute Gasteiger partial charge is 0.326 e. The second-order valence-corrected chi connectivity index (χ2v) is 2.21. The van der Waals surface area contributed by atoms with Crippen molar-refractivity contribution in [3.63, 3.8) is 0 Å². The first-order valence-corrected chi connectivity index (χ1v) is 3.22. The molecule has 0 saturated heterocycles. The number of carbonyl (C=O) groups is 1. The molecule has 1 N–H and O–H groups in total. The number of hydrogen-bond donors (Lipinski definition) is 1. The second kappa shape index (κ2) is 3.42. The van der Waals surface area contributed by atoms with Crippen molar-refractivity contribution in [3.8, 4) is 0 Å². The van der Waals surface area contributed by atoms with Gasteiger partial charge in [-0.15, -0.1) is 0 Å². The number of carbonyl (C=O) groups excluding carboxylic acids is 1. The minimum absolute atomic E-state index is 0.105. The van der Waals surface area contributed by atoms with E-state index in [9.17, 15) is 22.8 Å². The van der Waals surface area contributed by atoms with Crippen LogP contribution < -0.4 is 5.56 Å². The predicted molar refractivity (Wildman–Crippen MR) is 37.4 cm³/mol. The molecule has 1 aromatic heterocycles. The maximum atomic E-state index is 12.7. The molecule has 0 atom stereocenters. The molecule has 0 spiro atoms. The molecule has 0 saturated carbocycles. The number of halogens is 3. The molecule has 6 heteroatoms. The van der Waals surface area contributed by atoms with Crippen LogP contribution in [0.2, 0.25) is 0 Å². The Kier molecular flexibility index (Phi) is 2.50. The van der Waals surface area contributed by atoms with Gasteiger partial charge in [-0.2, -0.15) is 0 Å². The van der Waals surface area contributed by atoms with E-state index >= 15 is 0 Å². The summed E-state index contributed by atoms with van der Waals surface area (Å²) in [7, 11) is 0. The fourth-order valence-corrected chi connectivity index (χ4v) is 0.872. The zero-order valence-corrected chi connectivity index (χ0v) is 6.18. The predicted octanol–water partition coefficient (Wildman–Crippen LogP) is 1.26. The highest BCUT2D eigenvalue weighted by Gasteiger charge is 2.20. The van der Waals surface area contributed by atoms with Crippen molar-refractivity contribution >= 4 is 6.29 Å². The van der Waals surface area contributed by atoms with Gasteiger partial charge in [-0.25, -0.2) is 13.2 Å². The van der Waals surface area contributed by atoms with E-state index in [4.69, 9.17) is 0 Å². The maximum absolute atomic E-state index is 12.7. The van der Waals surface area contributed by atoms with Gasteiger partial charge < -0.3 is 4.98 Å². The summed E-state index contributed by atoms with van der Waals surface area (Å²) in [4.78, 5) is 22.7. The topological polar surface area (TPSA) is 49.9 Å². The number of aromatic nitrogens is 1. The fourth-order valence-electron chi connectivity index (χ4n) is 0.872. The normalized spacial score (nSPS) is 10.5. The van der Waals surface area contributed by atoms with Crippen molar-refractivity contribution in [1.82, 2.24) is 4.98 Å². The molecule has 0 aromatic carbocycles. The van der Waals surface area contributed by atoms with Crippen LogP contribution in [0.5, 0.6) is 0 Å². The van der Waals surface area contributed by atoms with E-state index in [-0.39, 0.29) is 6.29 Å². The second-order valence-electron chi connectivity index (χ2n) is 2.21. The first kappa shape index (κ1) is 9.50. The molecule has 1 rings (SSSR count). The number of H-pyrrole nitrogens is 1. The monoisotopic (exact) mass is 191 g/mol. The summed E-state index contributed by atoms with van der Waals surface area (Å²) in [6.45, 7) is 0. The van der Waals surface area contributed by atoms with Gasteiger partial charge in [-0.3, -0.25) is 9.59 Å². The Bertz CT molecular complexity index is 386. The van der Waals surface area contributed by atoms with E-state index in [1.807, 2.05) is 0 Å². The van der Waals surface area contributed by atoms with Gasteiger partial charge in [0.1, 0.15) is 5.82 Å². The average molecular weight is 191 g/mol. The molecule has 0 aliphatic carbocycles. The summed E-state index contributed by atoms with van der Waals surface area (Å²) >= 11 is 0. The van der Waals surface area contributed by atoms with E-state index in [1.54, 1.807) is 4.98 Å². The molecule has 0 aliphatic rings. The highest BCUT2D eigenvalue weighted by molar-refractivity contribution is 5.77. The van der Waals surface area contributed by atoms with Crippen LogP contribution in [0, 0.1) is 5.82 Å². The lowest BCUT2D eigenvalue weighted by Crippen LogP contribution is -2.17. The quantitative estimate of drug-likeness (QED) is 0.715. The smallest absolute Gasteiger partial charge is 0.269 e. The molecular formula is C7H4F3NO2. The molecule has 0 bridgehead atoms. The van der Waals surface area contributed by atoms with Crippen LogP contribution in [0.25, 0.3) is 0 Å². The third-order valence-corrected chi connectivity index (χ3v) is 1.46. The van der Waals surface area contributed by atoms with Crippen LogP contribution in [0.1, 0.15) is 22.3 Å². The van der Waals surface area contributed by atoms with Crippen molar-refractivity contribution in [2.45, 2.75) is 6.43 Å². The third kappa shape index (κ3) is 1.61. The Hall–Kier alpha value is -1.59. The van der Waals surface area contributed by atoms with E-state index in [0.717, 1.165) is 0 Å². The summed E-state index contributed by atoms with van der Waals surface area (Å²) in [6.07, 6.45) is -2.70. The van der Waals surface area contributed by atoms with E-state index < -0.39 is 28.9 Å². The van der Waals surface area contributed by atoms with Gasteiger partial charge in [-0.1, -0.05) is 0 Å². The zero-order valence-electron chi connectivity index (χ0n) is 6.18. The van der Waals surface area contributed by atoms with Crippen molar-refractivity contribution < 1.29 is 18.0 Å². The number of aromatic amines is 1. The van der Waals surface area contributed by atoms with Crippen LogP contribution in [-0.2, 0) is 0 Å². The average Bonchev–Trinajstić information content (AvgIpc) is 2.07. The Morgan fingerprint density at radius 2 is 2.08 bits per heavy atom. The summed E-state index contributed by atoms with van der Waals surface area (Å²) < 4.78 is 36.9. The lowest BCUT2D eigenvalue weighted by atomic mass is 10.1. The fraction of sp³-hybridized carbons (Fsp3) is 0.143. The summed E-state index contributed by atoms with van der Waals surface area (Å²) in [5.74, 6) is -1.16. The van der Waals surface area contributed by atoms with Crippen LogP contribution in [-0.4, -0.2) is 11.3 Å². The Labute approximate surface area is 70.2 Å². The summed E-state index contributed by atoms with van der Waals surface area (Å²) in [6, 6.07) is 0. The summed E-state index contributed by atoms with van der Waals surface area (Å²) in [5.41, 5.74) is -3.17. The minimum Gasteiger partial charge on any atom is -0.326 e. The first-order valence-electron chi connectivity index (χ1n) is 3.22. The van der Waals surface area contributed by atoms with Crippen LogP contribution in [0.3, 0.4) is 0 Å². The highest BCUT2D eigenvalue weighted by Crippen LogP contribution is 2.18. The number of rotatable bonds is 2. The number of aldehydes is 1. The standard InChI is InChI=1S/C7H4F3NO2/c8-4-1-11-7(13)5(6(9)10)3(4)2-12/h1-2,6H,(H,11,13). The van der Waals surface area contributed by atoms with E-state index in [1.165, 1.54) is 0 Å². The van der Waals surface area contributed by atoms with Gasteiger partial charge in [-0.05, 0) is 0 Å². The molecular weight excluding hydrogens is 187 g/mol. The molecule has 0 radical (unpaired) electrons. The first-order chi connectivity index (χ1) is 6.07. The number of hydrogen-bond acceptors (Lipinski definition) is 2. The Morgan fingerprint density at radius 1 is 1.46 bits per heavy atom. The lowest BCUT2D eigenvalue weighted by molar-refractivity contribution is 0.110. The van der Waals surface area contributed by atoms with Crippen LogP contribution in [0.15, 0.2) is 11.0 Å². The van der Waals surface area contributed by atoms with Gasteiger partial charge >= 0.3 is 0 Å².